The van der Waals surface area contributed by atoms with E-state index >= 15 is 0 Å². The highest BCUT2D eigenvalue weighted by Crippen LogP contribution is 2.18. The molecule has 70 valence electrons. The van der Waals surface area contributed by atoms with Gasteiger partial charge in [0.2, 0.25) is 0 Å². The van der Waals surface area contributed by atoms with Crippen LogP contribution in [0.25, 0.3) is 0 Å². The Kier molecular flexibility index (Phi) is 3.09. The van der Waals surface area contributed by atoms with Crippen LogP contribution in [0, 0.1) is 5.92 Å². The zero-order valence-electron chi connectivity index (χ0n) is 7.71. The van der Waals surface area contributed by atoms with Crippen molar-refractivity contribution in [3.05, 3.63) is 0 Å². The molecular formula is C9H17NO2. The van der Waals surface area contributed by atoms with Gasteiger partial charge in [-0.05, 0) is 25.2 Å². The molecule has 0 aromatic rings. The van der Waals surface area contributed by atoms with Crippen molar-refractivity contribution in [3.8, 4) is 0 Å². The summed E-state index contributed by atoms with van der Waals surface area (Å²) in [4.78, 5) is 10.6. The van der Waals surface area contributed by atoms with E-state index < -0.39 is 5.97 Å². The topological polar surface area (TPSA) is 49.3 Å². The van der Waals surface area contributed by atoms with Crippen molar-refractivity contribution >= 4 is 5.97 Å². The zero-order chi connectivity index (χ0) is 9.14. The van der Waals surface area contributed by atoms with Crippen molar-refractivity contribution in [3.63, 3.8) is 0 Å². The van der Waals surface area contributed by atoms with Crippen LogP contribution in [0.1, 0.15) is 33.1 Å². The SMILES string of the molecule is CC(C)C[C@H]1CC[C@@H](C(=O)O)N1. The van der Waals surface area contributed by atoms with Gasteiger partial charge in [-0.1, -0.05) is 13.8 Å². The second-order valence-electron chi connectivity index (χ2n) is 3.96. The zero-order valence-corrected chi connectivity index (χ0v) is 7.71. The fraction of sp³-hybridized carbons (Fsp3) is 0.889. The Morgan fingerprint density at radius 3 is 2.67 bits per heavy atom. The molecule has 1 saturated heterocycles. The van der Waals surface area contributed by atoms with Gasteiger partial charge in [0.25, 0.3) is 0 Å². The molecule has 0 bridgehead atoms. The molecule has 1 fully saturated rings. The van der Waals surface area contributed by atoms with Crippen LogP contribution in [0.15, 0.2) is 0 Å². The van der Waals surface area contributed by atoms with Crippen molar-refractivity contribution in [1.29, 1.82) is 0 Å². The van der Waals surface area contributed by atoms with Crippen LogP contribution in [0.4, 0.5) is 0 Å². The molecule has 0 unspecified atom stereocenters. The molecule has 2 N–H and O–H groups in total. The quantitative estimate of drug-likeness (QED) is 0.671. The monoisotopic (exact) mass is 171 g/mol. The van der Waals surface area contributed by atoms with Crippen LogP contribution in [0.2, 0.25) is 0 Å². The Morgan fingerprint density at radius 2 is 2.25 bits per heavy atom. The fourth-order valence-electron chi connectivity index (χ4n) is 1.77. The third kappa shape index (κ3) is 2.48. The largest absolute Gasteiger partial charge is 0.480 e. The summed E-state index contributed by atoms with van der Waals surface area (Å²) in [6.45, 7) is 4.32. The number of carboxylic acid groups (broad SMARTS) is 1. The maximum atomic E-state index is 10.6. The van der Waals surface area contributed by atoms with E-state index in [4.69, 9.17) is 5.11 Å². The average Bonchev–Trinajstić information content (AvgIpc) is 2.34. The summed E-state index contributed by atoms with van der Waals surface area (Å²) in [5.41, 5.74) is 0. The third-order valence-electron chi connectivity index (χ3n) is 2.29. The number of hydrogen-bond donors (Lipinski definition) is 2. The molecule has 0 aromatic heterocycles. The summed E-state index contributed by atoms with van der Waals surface area (Å²) in [5, 5.41) is 11.8. The first-order chi connectivity index (χ1) is 5.59. The van der Waals surface area contributed by atoms with Gasteiger partial charge < -0.3 is 10.4 Å². The van der Waals surface area contributed by atoms with E-state index in [0.29, 0.717) is 12.0 Å². The van der Waals surface area contributed by atoms with Crippen LogP contribution in [-0.2, 0) is 4.79 Å². The number of carbonyl (C=O) groups is 1. The summed E-state index contributed by atoms with van der Waals surface area (Å²) in [6.07, 6.45) is 2.88. The number of hydrogen-bond acceptors (Lipinski definition) is 2. The van der Waals surface area contributed by atoms with E-state index in [1.807, 2.05) is 0 Å². The predicted octanol–water partition coefficient (Wildman–Crippen LogP) is 1.24. The Hall–Kier alpha value is -0.570. The lowest BCUT2D eigenvalue weighted by atomic mass is 10.0. The van der Waals surface area contributed by atoms with Gasteiger partial charge in [-0.2, -0.15) is 0 Å². The van der Waals surface area contributed by atoms with E-state index in [0.717, 1.165) is 19.3 Å². The Labute approximate surface area is 73.2 Å². The standard InChI is InChI=1S/C9H17NO2/c1-6(2)5-7-3-4-8(10-7)9(11)12/h6-8,10H,3-5H2,1-2H3,(H,11,12)/t7-,8+/m1/s1. The summed E-state index contributed by atoms with van der Waals surface area (Å²) in [6, 6.07) is 0.125. The van der Waals surface area contributed by atoms with Crippen LogP contribution in [-0.4, -0.2) is 23.2 Å². The summed E-state index contributed by atoms with van der Waals surface area (Å²) < 4.78 is 0. The van der Waals surface area contributed by atoms with Gasteiger partial charge in [0, 0.05) is 6.04 Å². The number of carboxylic acids is 1. The predicted molar refractivity (Wildman–Crippen MR) is 47.0 cm³/mol. The molecule has 12 heavy (non-hydrogen) atoms. The van der Waals surface area contributed by atoms with E-state index in [-0.39, 0.29) is 6.04 Å². The Balaban J connectivity index is 2.30. The summed E-state index contributed by atoms with van der Waals surface area (Å²) >= 11 is 0. The van der Waals surface area contributed by atoms with E-state index in [1.165, 1.54) is 0 Å². The molecule has 0 saturated carbocycles. The van der Waals surface area contributed by atoms with E-state index in [9.17, 15) is 4.79 Å². The van der Waals surface area contributed by atoms with Gasteiger partial charge in [-0.15, -0.1) is 0 Å². The highest BCUT2D eigenvalue weighted by molar-refractivity contribution is 5.73. The van der Waals surface area contributed by atoms with Crippen LogP contribution < -0.4 is 5.32 Å². The van der Waals surface area contributed by atoms with Gasteiger partial charge in [-0.3, -0.25) is 4.79 Å². The average molecular weight is 171 g/mol. The van der Waals surface area contributed by atoms with E-state index in [1.54, 1.807) is 0 Å². The van der Waals surface area contributed by atoms with E-state index in [2.05, 4.69) is 19.2 Å². The Morgan fingerprint density at radius 1 is 1.58 bits per heavy atom. The van der Waals surface area contributed by atoms with Gasteiger partial charge in [0.1, 0.15) is 6.04 Å². The first-order valence-electron chi connectivity index (χ1n) is 4.58. The van der Waals surface area contributed by atoms with Crippen molar-refractivity contribution in [2.24, 2.45) is 5.92 Å². The Bertz CT molecular complexity index is 168. The van der Waals surface area contributed by atoms with Crippen LogP contribution >= 0.6 is 0 Å². The second kappa shape index (κ2) is 3.90. The smallest absolute Gasteiger partial charge is 0.320 e. The molecule has 0 radical (unpaired) electrons. The van der Waals surface area contributed by atoms with Gasteiger partial charge in [-0.25, -0.2) is 0 Å². The molecule has 0 spiro atoms. The van der Waals surface area contributed by atoms with Crippen LogP contribution in [0.5, 0.6) is 0 Å². The molecule has 2 atom stereocenters. The van der Waals surface area contributed by atoms with Crippen LogP contribution in [0.3, 0.4) is 0 Å². The third-order valence-corrected chi connectivity index (χ3v) is 2.29. The minimum Gasteiger partial charge on any atom is -0.480 e. The fourth-order valence-corrected chi connectivity index (χ4v) is 1.77. The normalized spacial score (nSPS) is 29.6. The van der Waals surface area contributed by atoms with Gasteiger partial charge >= 0.3 is 5.97 Å². The first-order valence-corrected chi connectivity index (χ1v) is 4.58. The number of nitrogens with one attached hydrogen (secondary N) is 1. The maximum Gasteiger partial charge on any atom is 0.320 e. The lowest BCUT2D eigenvalue weighted by Gasteiger charge is -2.13. The number of aliphatic carboxylic acids is 1. The number of rotatable bonds is 3. The molecule has 0 aromatic carbocycles. The van der Waals surface area contributed by atoms with Gasteiger partial charge in [0.05, 0.1) is 0 Å². The molecule has 1 rings (SSSR count). The highest BCUT2D eigenvalue weighted by atomic mass is 16.4. The second-order valence-corrected chi connectivity index (χ2v) is 3.96. The van der Waals surface area contributed by atoms with Crippen molar-refractivity contribution in [2.75, 3.05) is 0 Å². The summed E-state index contributed by atoms with van der Waals surface area (Å²) in [5.74, 6) is -0.0590. The molecule has 1 aliphatic heterocycles. The summed E-state index contributed by atoms with van der Waals surface area (Å²) in [7, 11) is 0. The van der Waals surface area contributed by atoms with Crippen molar-refractivity contribution in [2.45, 2.75) is 45.2 Å². The molecule has 1 aliphatic rings. The van der Waals surface area contributed by atoms with Crippen molar-refractivity contribution in [1.82, 2.24) is 5.32 Å². The lowest BCUT2D eigenvalue weighted by Crippen LogP contribution is -2.35. The minimum atomic E-state index is -0.707. The molecule has 0 aliphatic carbocycles. The molecule has 3 heteroatoms. The molecule has 1 heterocycles. The lowest BCUT2D eigenvalue weighted by molar-refractivity contribution is -0.139. The molecule has 3 nitrogen and oxygen atoms in total. The minimum absolute atomic E-state index is 0.297. The molecular weight excluding hydrogens is 154 g/mol. The first kappa shape index (κ1) is 9.52. The maximum absolute atomic E-state index is 10.6. The van der Waals surface area contributed by atoms with Gasteiger partial charge in [0.15, 0.2) is 0 Å². The highest BCUT2D eigenvalue weighted by Gasteiger charge is 2.28. The van der Waals surface area contributed by atoms with Crippen molar-refractivity contribution < 1.29 is 9.90 Å². The molecule has 0 amide bonds.